The lowest BCUT2D eigenvalue weighted by Crippen LogP contribution is -2.48. The molecule has 7 heteroatoms. The molecule has 2 heterocycles. The lowest BCUT2D eigenvalue weighted by Gasteiger charge is -2.35. The number of carbonyl (C=O) groups excluding carboxylic acids is 1. The van der Waals surface area contributed by atoms with Crippen molar-refractivity contribution < 1.29 is 9.53 Å². The molecule has 1 aliphatic rings. The number of rotatable bonds is 5. The highest BCUT2D eigenvalue weighted by atomic mass is 79.9. The molecule has 25 heavy (non-hydrogen) atoms. The van der Waals surface area contributed by atoms with Crippen LogP contribution in [0, 0.1) is 0 Å². The highest BCUT2D eigenvalue weighted by molar-refractivity contribution is 9.10. The summed E-state index contributed by atoms with van der Waals surface area (Å²) in [7, 11) is 1.62. The van der Waals surface area contributed by atoms with Gasteiger partial charge in [-0.05, 0) is 52.3 Å². The maximum atomic E-state index is 12.2. The average molecular weight is 405 g/mol. The van der Waals surface area contributed by atoms with Crippen LogP contribution in [-0.2, 0) is 4.79 Å². The Labute approximate surface area is 155 Å². The van der Waals surface area contributed by atoms with Gasteiger partial charge in [0.1, 0.15) is 11.6 Å². The van der Waals surface area contributed by atoms with Crippen LogP contribution < -0.4 is 15.0 Å². The Balaban J connectivity index is 1.46. The quantitative estimate of drug-likeness (QED) is 0.829. The largest absolute Gasteiger partial charge is 0.497 e. The minimum atomic E-state index is 0.000355. The van der Waals surface area contributed by atoms with Gasteiger partial charge in [0.2, 0.25) is 5.91 Å². The van der Waals surface area contributed by atoms with Crippen LogP contribution in [0.2, 0.25) is 0 Å². The zero-order valence-corrected chi connectivity index (χ0v) is 15.7. The zero-order valence-electron chi connectivity index (χ0n) is 14.1. The second-order valence-corrected chi connectivity index (χ2v) is 6.79. The van der Waals surface area contributed by atoms with Crippen LogP contribution in [-0.4, -0.2) is 55.6 Å². The smallest absolute Gasteiger partial charge is 0.238 e. The van der Waals surface area contributed by atoms with Crippen molar-refractivity contribution in [2.45, 2.75) is 0 Å². The van der Waals surface area contributed by atoms with E-state index in [2.05, 4.69) is 36.0 Å². The number of aromatic nitrogens is 1. The standard InChI is InChI=1S/C18H21BrN4O2/c1-25-16-5-3-15(4-6-16)21-18(24)13-22-8-10-23(11-9-22)17-7-2-14(19)12-20-17/h2-7,12H,8-11,13H2,1H3,(H,21,24). The van der Waals surface area contributed by atoms with Gasteiger partial charge in [0, 0.05) is 42.5 Å². The van der Waals surface area contributed by atoms with Crippen molar-refractivity contribution in [3.63, 3.8) is 0 Å². The monoisotopic (exact) mass is 404 g/mol. The van der Waals surface area contributed by atoms with Gasteiger partial charge < -0.3 is 15.0 Å². The van der Waals surface area contributed by atoms with Gasteiger partial charge in [-0.1, -0.05) is 0 Å². The molecule has 1 N–H and O–H groups in total. The third kappa shape index (κ3) is 4.93. The van der Waals surface area contributed by atoms with Crippen LogP contribution in [0.1, 0.15) is 0 Å². The number of amides is 1. The fraction of sp³-hybridized carbons (Fsp3) is 0.333. The molecule has 0 bridgehead atoms. The Morgan fingerprint density at radius 1 is 1.16 bits per heavy atom. The van der Waals surface area contributed by atoms with E-state index in [0.29, 0.717) is 6.54 Å². The van der Waals surface area contributed by atoms with Crippen LogP contribution >= 0.6 is 15.9 Å². The second-order valence-electron chi connectivity index (χ2n) is 5.87. The molecule has 0 atom stereocenters. The number of anilines is 2. The van der Waals surface area contributed by atoms with E-state index in [0.717, 1.165) is 47.9 Å². The molecule has 1 aromatic carbocycles. The molecule has 132 valence electrons. The van der Waals surface area contributed by atoms with Crippen LogP contribution in [0.3, 0.4) is 0 Å². The molecular formula is C18H21BrN4O2. The third-order valence-corrected chi connectivity index (χ3v) is 4.62. The maximum absolute atomic E-state index is 12.2. The van der Waals surface area contributed by atoms with Crippen molar-refractivity contribution in [3.05, 3.63) is 47.1 Å². The van der Waals surface area contributed by atoms with E-state index in [4.69, 9.17) is 4.74 Å². The minimum Gasteiger partial charge on any atom is -0.497 e. The van der Waals surface area contributed by atoms with E-state index in [1.165, 1.54) is 0 Å². The van der Waals surface area contributed by atoms with Crippen LogP contribution in [0.25, 0.3) is 0 Å². The van der Waals surface area contributed by atoms with E-state index in [1.54, 1.807) is 7.11 Å². The highest BCUT2D eigenvalue weighted by Gasteiger charge is 2.19. The maximum Gasteiger partial charge on any atom is 0.238 e. The SMILES string of the molecule is COc1ccc(NC(=O)CN2CCN(c3ccc(Br)cn3)CC2)cc1. The summed E-state index contributed by atoms with van der Waals surface area (Å²) in [6.07, 6.45) is 1.81. The van der Waals surface area contributed by atoms with E-state index in [1.807, 2.05) is 42.6 Å². The van der Waals surface area contributed by atoms with Crippen LogP contribution in [0.4, 0.5) is 11.5 Å². The molecule has 1 saturated heterocycles. The van der Waals surface area contributed by atoms with Crippen molar-refractivity contribution in [3.8, 4) is 5.75 Å². The summed E-state index contributed by atoms with van der Waals surface area (Å²) in [6, 6.07) is 11.4. The average Bonchev–Trinajstić information content (AvgIpc) is 2.64. The van der Waals surface area contributed by atoms with Gasteiger partial charge in [0.05, 0.1) is 13.7 Å². The number of hydrogen-bond donors (Lipinski definition) is 1. The highest BCUT2D eigenvalue weighted by Crippen LogP contribution is 2.17. The van der Waals surface area contributed by atoms with E-state index in [-0.39, 0.29) is 5.91 Å². The summed E-state index contributed by atoms with van der Waals surface area (Å²) in [5.74, 6) is 1.75. The molecule has 1 amide bonds. The minimum absolute atomic E-state index is 0.000355. The fourth-order valence-electron chi connectivity index (χ4n) is 2.77. The molecule has 0 radical (unpaired) electrons. The lowest BCUT2D eigenvalue weighted by molar-refractivity contribution is -0.117. The predicted molar refractivity (Wildman–Crippen MR) is 102 cm³/mol. The summed E-state index contributed by atoms with van der Waals surface area (Å²) in [6.45, 7) is 3.81. The summed E-state index contributed by atoms with van der Waals surface area (Å²) < 4.78 is 6.09. The van der Waals surface area contributed by atoms with Gasteiger partial charge in [-0.15, -0.1) is 0 Å². The molecule has 1 fully saturated rings. The van der Waals surface area contributed by atoms with Gasteiger partial charge >= 0.3 is 0 Å². The molecule has 1 aliphatic heterocycles. The van der Waals surface area contributed by atoms with Gasteiger partial charge in [-0.3, -0.25) is 9.69 Å². The van der Waals surface area contributed by atoms with Gasteiger partial charge in [-0.2, -0.15) is 0 Å². The van der Waals surface area contributed by atoms with Gasteiger partial charge in [0.25, 0.3) is 0 Å². The summed E-state index contributed by atoms with van der Waals surface area (Å²) in [4.78, 5) is 21.0. The number of piperazine rings is 1. The number of halogens is 1. The first-order valence-corrected chi connectivity index (χ1v) is 8.96. The van der Waals surface area contributed by atoms with E-state index in [9.17, 15) is 4.79 Å². The topological polar surface area (TPSA) is 57.7 Å². The Bertz CT molecular complexity index is 698. The number of nitrogens with one attached hydrogen (secondary N) is 1. The van der Waals surface area contributed by atoms with Crippen molar-refractivity contribution in [1.82, 2.24) is 9.88 Å². The van der Waals surface area contributed by atoms with Gasteiger partial charge in [-0.25, -0.2) is 4.98 Å². The van der Waals surface area contributed by atoms with Crippen LogP contribution in [0.5, 0.6) is 5.75 Å². The molecular weight excluding hydrogens is 384 g/mol. The predicted octanol–water partition coefficient (Wildman–Crippen LogP) is 2.61. The van der Waals surface area contributed by atoms with Crippen molar-refractivity contribution >= 4 is 33.3 Å². The first-order chi connectivity index (χ1) is 12.1. The summed E-state index contributed by atoms with van der Waals surface area (Å²) in [5, 5.41) is 2.92. The lowest BCUT2D eigenvalue weighted by atomic mass is 10.3. The molecule has 0 aliphatic carbocycles. The number of hydrogen-bond acceptors (Lipinski definition) is 5. The van der Waals surface area contributed by atoms with Crippen molar-refractivity contribution in [2.75, 3.05) is 50.1 Å². The van der Waals surface area contributed by atoms with E-state index < -0.39 is 0 Å². The Kier molecular flexibility index (Phi) is 5.88. The van der Waals surface area contributed by atoms with Crippen molar-refractivity contribution in [1.29, 1.82) is 0 Å². The van der Waals surface area contributed by atoms with Crippen molar-refractivity contribution in [2.24, 2.45) is 0 Å². The normalized spacial score (nSPS) is 15.0. The Morgan fingerprint density at radius 2 is 1.88 bits per heavy atom. The second kappa shape index (κ2) is 8.31. The zero-order chi connectivity index (χ0) is 17.6. The first-order valence-electron chi connectivity index (χ1n) is 8.17. The Hall–Kier alpha value is -2.12. The third-order valence-electron chi connectivity index (χ3n) is 4.15. The first kappa shape index (κ1) is 17.7. The number of methoxy groups -OCH3 is 1. The number of ether oxygens (including phenoxy) is 1. The number of benzene rings is 1. The Morgan fingerprint density at radius 3 is 2.48 bits per heavy atom. The number of nitrogens with zero attached hydrogens (tertiary/aromatic N) is 3. The fourth-order valence-corrected chi connectivity index (χ4v) is 3.00. The van der Waals surface area contributed by atoms with Gasteiger partial charge in [0.15, 0.2) is 0 Å². The summed E-state index contributed by atoms with van der Waals surface area (Å²) in [5.41, 5.74) is 0.781. The molecule has 0 spiro atoms. The van der Waals surface area contributed by atoms with E-state index >= 15 is 0 Å². The number of carbonyl (C=O) groups is 1. The molecule has 3 rings (SSSR count). The number of pyridine rings is 1. The molecule has 0 unspecified atom stereocenters. The molecule has 6 nitrogen and oxygen atoms in total. The van der Waals surface area contributed by atoms with Crippen LogP contribution in [0.15, 0.2) is 47.1 Å². The summed E-state index contributed by atoms with van der Waals surface area (Å²) >= 11 is 3.40. The molecule has 2 aromatic rings. The molecule has 1 aromatic heterocycles. The molecule has 0 saturated carbocycles.